The zero-order valence-electron chi connectivity index (χ0n) is 24.8. The van der Waals surface area contributed by atoms with Crippen LogP contribution in [-0.2, 0) is 34.1 Å². The molecule has 10 heteroatoms. The Morgan fingerprint density at radius 2 is 1.84 bits per heavy atom. The van der Waals surface area contributed by atoms with Crippen molar-refractivity contribution in [3.05, 3.63) is 105 Å². The van der Waals surface area contributed by atoms with Gasteiger partial charge in [0.1, 0.15) is 17.8 Å². The topological polar surface area (TPSA) is 132 Å². The highest BCUT2D eigenvalue weighted by molar-refractivity contribution is 7.90. The van der Waals surface area contributed by atoms with Gasteiger partial charge in [-0.1, -0.05) is 42.7 Å². The number of carbonyl (C=O) groups excluding carboxylic acids is 1. The summed E-state index contributed by atoms with van der Waals surface area (Å²) >= 11 is 0. The molecule has 2 N–H and O–H groups in total. The van der Waals surface area contributed by atoms with Gasteiger partial charge in [0.25, 0.3) is 10.0 Å². The second-order valence-corrected chi connectivity index (χ2v) is 13.8. The third-order valence-electron chi connectivity index (χ3n) is 8.69. The molecule has 2 aromatic carbocycles. The molecule has 4 aromatic rings. The Morgan fingerprint density at radius 3 is 2.59 bits per heavy atom. The van der Waals surface area contributed by atoms with Crippen LogP contribution >= 0.6 is 0 Å². The molecule has 230 valence electrons. The average Bonchev–Trinajstić information content (AvgIpc) is 3.70. The number of aromatic nitrogens is 2. The van der Waals surface area contributed by atoms with E-state index in [4.69, 9.17) is 4.42 Å². The summed E-state index contributed by atoms with van der Waals surface area (Å²) in [7, 11) is -3.84. The molecule has 0 bridgehead atoms. The predicted molar refractivity (Wildman–Crippen MR) is 166 cm³/mol. The maximum Gasteiger partial charge on any atom is 0.343 e. The number of rotatable bonds is 9. The Kier molecular flexibility index (Phi) is 8.44. The van der Waals surface area contributed by atoms with Gasteiger partial charge in [-0.3, -0.25) is 4.79 Å². The zero-order valence-corrected chi connectivity index (χ0v) is 25.6. The number of aryl methyl sites for hydroxylation is 3. The highest BCUT2D eigenvalue weighted by atomic mass is 32.2. The van der Waals surface area contributed by atoms with E-state index in [1.807, 2.05) is 25.1 Å². The van der Waals surface area contributed by atoms with Crippen molar-refractivity contribution in [1.29, 1.82) is 0 Å². The molecule has 1 amide bonds. The summed E-state index contributed by atoms with van der Waals surface area (Å²) in [6, 6.07) is 14.0. The van der Waals surface area contributed by atoms with Gasteiger partial charge >= 0.3 is 5.63 Å². The monoisotopic (exact) mass is 615 g/mol. The number of nitrogens with one attached hydrogen (secondary N) is 1. The number of anilines is 1. The number of benzene rings is 2. The lowest BCUT2D eigenvalue weighted by Gasteiger charge is -2.22. The Bertz CT molecular complexity index is 1840. The Hall–Kier alpha value is -4.18. The fourth-order valence-electron chi connectivity index (χ4n) is 6.20. The van der Waals surface area contributed by atoms with Gasteiger partial charge in [0.15, 0.2) is 0 Å². The third-order valence-corrected chi connectivity index (χ3v) is 10.4. The van der Waals surface area contributed by atoms with Gasteiger partial charge in [0.2, 0.25) is 5.91 Å². The van der Waals surface area contributed by atoms with E-state index < -0.39 is 15.6 Å². The molecule has 0 saturated heterocycles. The molecule has 9 nitrogen and oxygen atoms in total. The number of aromatic hydroxyl groups is 1. The first-order valence-corrected chi connectivity index (χ1v) is 16.8. The van der Waals surface area contributed by atoms with Gasteiger partial charge in [0.05, 0.1) is 16.2 Å². The van der Waals surface area contributed by atoms with Gasteiger partial charge < -0.3 is 14.8 Å². The SMILES string of the molecule is Cc1ccc(S(=O)(=O)n2cncc2CCC(=O)Nc2cccc([C@@H](c3c(O)c4c(oc3=O)CCCCCC4)C3CC3)c2)cc1. The summed E-state index contributed by atoms with van der Waals surface area (Å²) in [5.41, 5.74) is 3.36. The number of fused-ring (bicyclic) bond motifs is 1. The maximum atomic E-state index is 13.3. The van der Waals surface area contributed by atoms with Gasteiger partial charge in [0, 0.05) is 36.2 Å². The standard InChI is InChI=1S/C34H37N3O6S/c1-22-11-16-27(17-12-22)44(41,42)37-21-35-20-26(37)15-18-30(38)36-25-8-6-7-24(19-25)31(23-13-14-23)32-33(39)28-9-4-2-3-5-10-29(28)43-34(32)40/h6-8,11-12,16-17,19-21,23,31,39H,2-5,9-10,13-15,18H2,1H3,(H,36,38)/t31-/m0/s1. The molecule has 6 rings (SSSR count). The third kappa shape index (κ3) is 6.22. The number of hydrogen-bond acceptors (Lipinski definition) is 7. The van der Waals surface area contributed by atoms with Crippen LogP contribution in [0.25, 0.3) is 0 Å². The Balaban J connectivity index is 1.19. The lowest BCUT2D eigenvalue weighted by atomic mass is 9.85. The molecule has 1 fully saturated rings. The van der Waals surface area contributed by atoms with Crippen LogP contribution in [0, 0.1) is 12.8 Å². The molecular formula is C34H37N3O6S. The van der Waals surface area contributed by atoms with Gasteiger partial charge in [-0.15, -0.1) is 0 Å². The molecule has 2 aliphatic carbocycles. The second-order valence-electron chi connectivity index (χ2n) is 12.0. The minimum Gasteiger partial charge on any atom is -0.507 e. The lowest BCUT2D eigenvalue weighted by molar-refractivity contribution is -0.116. The number of nitrogens with zero attached hydrogens (tertiary/aromatic N) is 2. The van der Waals surface area contributed by atoms with Crippen molar-refractivity contribution in [2.24, 2.45) is 5.92 Å². The van der Waals surface area contributed by atoms with E-state index in [0.29, 0.717) is 35.5 Å². The molecule has 2 aliphatic rings. The number of carbonyl (C=O) groups is 1. The summed E-state index contributed by atoms with van der Waals surface area (Å²) in [6.45, 7) is 1.89. The highest BCUT2D eigenvalue weighted by Crippen LogP contribution is 2.49. The highest BCUT2D eigenvalue weighted by Gasteiger charge is 2.38. The minimum absolute atomic E-state index is 0.0423. The van der Waals surface area contributed by atoms with E-state index in [1.54, 1.807) is 30.3 Å². The van der Waals surface area contributed by atoms with Crippen molar-refractivity contribution < 1.29 is 22.7 Å². The smallest absolute Gasteiger partial charge is 0.343 e. The lowest BCUT2D eigenvalue weighted by Crippen LogP contribution is -2.19. The number of imidazole rings is 1. The summed E-state index contributed by atoms with van der Waals surface area (Å²) < 4.78 is 33.3. The van der Waals surface area contributed by atoms with Crippen LogP contribution < -0.4 is 10.9 Å². The van der Waals surface area contributed by atoms with Crippen LogP contribution in [0.3, 0.4) is 0 Å². The second kappa shape index (κ2) is 12.4. The summed E-state index contributed by atoms with van der Waals surface area (Å²) in [5, 5.41) is 14.3. The van der Waals surface area contributed by atoms with Gasteiger partial charge in [-0.2, -0.15) is 0 Å². The van der Waals surface area contributed by atoms with Crippen LogP contribution in [0.1, 0.15) is 84.6 Å². The van der Waals surface area contributed by atoms with E-state index in [-0.39, 0.29) is 41.2 Å². The molecule has 0 radical (unpaired) electrons. The Labute approximate surface area is 257 Å². The van der Waals surface area contributed by atoms with E-state index in [2.05, 4.69) is 10.3 Å². The molecule has 0 aliphatic heterocycles. The molecule has 0 unspecified atom stereocenters. The van der Waals surface area contributed by atoms with Crippen molar-refractivity contribution >= 4 is 21.6 Å². The molecular weight excluding hydrogens is 578 g/mol. The van der Waals surface area contributed by atoms with E-state index >= 15 is 0 Å². The van der Waals surface area contributed by atoms with Crippen LogP contribution in [0.4, 0.5) is 5.69 Å². The summed E-state index contributed by atoms with van der Waals surface area (Å²) in [5.74, 6) is 0.271. The van der Waals surface area contributed by atoms with Crippen LogP contribution in [0.15, 0.2) is 75.2 Å². The fourth-order valence-corrected chi connectivity index (χ4v) is 7.53. The zero-order chi connectivity index (χ0) is 30.8. The number of amides is 1. The van der Waals surface area contributed by atoms with Gasteiger partial charge in [-0.05, 0) is 81.2 Å². The van der Waals surface area contributed by atoms with Crippen molar-refractivity contribution in [3.63, 3.8) is 0 Å². The van der Waals surface area contributed by atoms with Crippen LogP contribution in [-0.4, -0.2) is 28.4 Å². The van der Waals surface area contributed by atoms with Crippen molar-refractivity contribution in [2.75, 3.05) is 5.32 Å². The number of hydrogen-bond donors (Lipinski definition) is 2. The molecule has 1 atom stereocenters. The van der Waals surface area contributed by atoms with Crippen LogP contribution in [0.5, 0.6) is 5.75 Å². The normalized spacial score (nSPS) is 16.0. The molecule has 2 heterocycles. The first kappa shape index (κ1) is 29.9. The summed E-state index contributed by atoms with van der Waals surface area (Å²) in [6.07, 6.45) is 10.2. The van der Waals surface area contributed by atoms with Crippen LogP contribution in [0.2, 0.25) is 0 Å². The van der Waals surface area contributed by atoms with E-state index in [1.165, 1.54) is 12.5 Å². The van der Waals surface area contributed by atoms with E-state index in [0.717, 1.165) is 59.2 Å². The largest absolute Gasteiger partial charge is 0.507 e. The minimum atomic E-state index is -3.84. The van der Waals surface area contributed by atoms with Crippen molar-refractivity contribution in [1.82, 2.24) is 8.96 Å². The van der Waals surface area contributed by atoms with Gasteiger partial charge in [-0.25, -0.2) is 22.2 Å². The first-order chi connectivity index (χ1) is 21.2. The molecule has 1 saturated carbocycles. The quantitative estimate of drug-likeness (QED) is 0.241. The van der Waals surface area contributed by atoms with Crippen molar-refractivity contribution in [3.8, 4) is 5.75 Å². The average molecular weight is 616 g/mol. The maximum absolute atomic E-state index is 13.3. The summed E-state index contributed by atoms with van der Waals surface area (Å²) in [4.78, 5) is 30.5. The molecule has 44 heavy (non-hydrogen) atoms. The molecule has 2 aromatic heterocycles. The first-order valence-electron chi connectivity index (χ1n) is 15.3. The molecule has 0 spiro atoms. The van der Waals surface area contributed by atoms with Crippen molar-refractivity contribution in [2.45, 2.75) is 81.9 Å². The van der Waals surface area contributed by atoms with E-state index in [9.17, 15) is 23.1 Å². The fraction of sp³-hybridized carbons (Fsp3) is 0.382. The predicted octanol–water partition coefficient (Wildman–Crippen LogP) is 5.86. The Morgan fingerprint density at radius 1 is 1.09 bits per heavy atom.